The average molecular weight is 317 g/mol. The van der Waals surface area contributed by atoms with Crippen LogP contribution in [0.5, 0.6) is 0 Å². The van der Waals surface area contributed by atoms with Crippen molar-refractivity contribution in [1.29, 1.82) is 5.26 Å². The van der Waals surface area contributed by atoms with Gasteiger partial charge in [0.1, 0.15) is 0 Å². The molecule has 0 aliphatic heterocycles. The fourth-order valence-electron chi connectivity index (χ4n) is 2.52. The van der Waals surface area contributed by atoms with Crippen molar-refractivity contribution in [3.63, 3.8) is 0 Å². The molecule has 3 N–H and O–H groups in total. The summed E-state index contributed by atoms with van der Waals surface area (Å²) < 4.78 is 0. The van der Waals surface area contributed by atoms with Crippen LogP contribution in [0.25, 0.3) is 0 Å². The lowest BCUT2D eigenvalue weighted by molar-refractivity contribution is 0.0151. The number of amides is 2. The molecule has 0 saturated heterocycles. The second-order valence-electron chi connectivity index (χ2n) is 6.96. The van der Waals surface area contributed by atoms with E-state index in [-0.39, 0.29) is 18.0 Å². The molecule has 0 aromatic heterocycles. The molecule has 23 heavy (non-hydrogen) atoms. The Labute approximate surface area is 138 Å². The van der Waals surface area contributed by atoms with E-state index in [2.05, 4.69) is 16.7 Å². The van der Waals surface area contributed by atoms with Crippen LogP contribution in [0.3, 0.4) is 0 Å². The van der Waals surface area contributed by atoms with Gasteiger partial charge in [-0.05, 0) is 30.5 Å². The highest BCUT2D eigenvalue weighted by atomic mass is 16.3. The summed E-state index contributed by atoms with van der Waals surface area (Å²) >= 11 is 0. The number of nitrogens with zero attached hydrogens (tertiary/aromatic N) is 1. The van der Waals surface area contributed by atoms with E-state index in [1.165, 1.54) is 0 Å². The van der Waals surface area contributed by atoms with Gasteiger partial charge in [-0.3, -0.25) is 0 Å². The zero-order valence-electron chi connectivity index (χ0n) is 14.6. The second kappa shape index (κ2) is 7.98. The molecular weight excluding hydrogens is 290 g/mol. The van der Waals surface area contributed by atoms with E-state index in [4.69, 9.17) is 5.26 Å². The van der Waals surface area contributed by atoms with Crippen LogP contribution in [0, 0.1) is 22.7 Å². The summed E-state index contributed by atoms with van der Waals surface area (Å²) in [6.07, 6.45) is -0.493. The van der Waals surface area contributed by atoms with Gasteiger partial charge in [0.2, 0.25) is 0 Å². The van der Waals surface area contributed by atoms with Crippen LogP contribution < -0.4 is 10.6 Å². The molecule has 0 aliphatic carbocycles. The van der Waals surface area contributed by atoms with E-state index in [1.807, 2.05) is 40.7 Å². The number of carbonyl (C=O) groups excluding carboxylic acids is 1. The number of nitrogens with one attached hydrogen (secondary N) is 2. The van der Waals surface area contributed by atoms with Gasteiger partial charge in [-0.2, -0.15) is 5.26 Å². The number of benzene rings is 1. The molecule has 0 unspecified atom stereocenters. The number of rotatable bonds is 6. The van der Waals surface area contributed by atoms with E-state index in [1.54, 1.807) is 18.2 Å². The lowest BCUT2D eigenvalue weighted by atomic mass is 9.81. The number of carbonyl (C=O) groups is 1. The third-order valence-corrected chi connectivity index (χ3v) is 4.00. The summed E-state index contributed by atoms with van der Waals surface area (Å²) in [6.45, 7) is 10.0. The van der Waals surface area contributed by atoms with Gasteiger partial charge in [0.15, 0.2) is 0 Å². The van der Waals surface area contributed by atoms with E-state index in [9.17, 15) is 9.90 Å². The van der Waals surface area contributed by atoms with Crippen molar-refractivity contribution in [3.05, 3.63) is 35.4 Å². The van der Waals surface area contributed by atoms with Crippen molar-refractivity contribution >= 4 is 6.03 Å². The Kier molecular flexibility index (Phi) is 6.59. The Morgan fingerprint density at radius 2 is 2.00 bits per heavy atom. The van der Waals surface area contributed by atoms with E-state index < -0.39 is 11.5 Å². The van der Waals surface area contributed by atoms with Gasteiger partial charge in [0, 0.05) is 12.0 Å². The van der Waals surface area contributed by atoms with Crippen molar-refractivity contribution in [1.82, 2.24) is 10.6 Å². The highest BCUT2D eigenvalue weighted by Gasteiger charge is 2.30. The van der Waals surface area contributed by atoms with E-state index in [0.717, 1.165) is 5.56 Å². The molecule has 1 rings (SSSR count). The van der Waals surface area contributed by atoms with Crippen LogP contribution in [0.2, 0.25) is 0 Å². The Bertz CT molecular complexity index is 576. The van der Waals surface area contributed by atoms with Gasteiger partial charge >= 0.3 is 6.03 Å². The summed E-state index contributed by atoms with van der Waals surface area (Å²) in [5, 5.41) is 24.8. The van der Waals surface area contributed by atoms with Gasteiger partial charge in [-0.15, -0.1) is 0 Å². The molecule has 5 heteroatoms. The zero-order chi connectivity index (χ0) is 17.6. The van der Waals surface area contributed by atoms with Crippen molar-refractivity contribution < 1.29 is 9.90 Å². The number of hydrogen-bond donors (Lipinski definition) is 3. The highest BCUT2D eigenvalue weighted by molar-refractivity contribution is 5.74. The summed E-state index contributed by atoms with van der Waals surface area (Å²) in [7, 11) is 0. The zero-order valence-corrected chi connectivity index (χ0v) is 14.6. The van der Waals surface area contributed by atoms with Crippen molar-refractivity contribution in [3.8, 4) is 6.07 Å². The standard InChI is InChI=1S/C18H27N3O2/c1-12(2)16(22)18(4,5)11-20-17(23)21-13(3)15-8-6-7-14(9-15)10-19/h6-9,12-13,16,22H,11H2,1-5H3,(H2,20,21,23)/t13-,16-/m0/s1. The predicted octanol–water partition coefficient (Wildman–Crippen LogP) is 2.96. The molecule has 0 heterocycles. The molecule has 1 aromatic rings. The van der Waals surface area contributed by atoms with Crippen LogP contribution in [0.15, 0.2) is 24.3 Å². The fraction of sp³-hybridized carbons (Fsp3) is 0.556. The molecule has 0 spiro atoms. The monoisotopic (exact) mass is 317 g/mol. The first-order valence-corrected chi connectivity index (χ1v) is 7.90. The van der Waals surface area contributed by atoms with Crippen LogP contribution >= 0.6 is 0 Å². The first kappa shape index (κ1) is 19.0. The Hall–Kier alpha value is -2.06. The van der Waals surface area contributed by atoms with Gasteiger partial charge in [-0.25, -0.2) is 4.79 Å². The second-order valence-corrected chi connectivity index (χ2v) is 6.96. The quantitative estimate of drug-likeness (QED) is 0.754. The molecule has 0 radical (unpaired) electrons. The Morgan fingerprint density at radius 1 is 1.35 bits per heavy atom. The lowest BCUT2D eigenvalue weighted by Crippen LogP contribution is -2.46. The topological polar surface area (TPSA) is 85.2 Å². The first-order valence-electron chi connectivity index (χ1n) is 7.90. The fourth-order valence-corrected chi connectivity index (χ4v) is 2.52. The number of hydrogen-bond acceptors (Lipinski definition) is 3. The minimum absolute atomic E-state index is 0.127. The van der Waals surface area contributed by atoms with E-state index in [0.29, 0.717) is 12.1 Å². The van der Waals surface area contributed by atoms with Gasteiger partial charge in [0.25, 0.3) is 0 Å². The lowest BCUT2D eigenvalue weighted by Gasteiger charge is -2.33. The van der Waals surface area contributed by atoms with Crippen molar-refractivity contribution in [2.45, 2.75) is 46.8 Å². The minimum atomic E-state index is -0.493. The maximum atomic E-state index is 12.1. The molecule has 1 aromatic carbocycles. The molecule has 2 atom stereocenters. The highest BCUT2D eigenvalue weighted by Crippen LogP contribution is 2.25. The number of aliphatic hydroxyl groups is 1. The normalized spacial score (nSPS) is 14.0. The SMILES string of the molecule is CC(C)[C@H](O)C(C)(C)CNC(=O)N[C@@H](C)c1cccc(C#N)c1. The Morgan fingerprint density at radius 3 is 2.57 bits per heavy atom. The summed E-state index contributed by atoms with van der Waals surface area (Å²) in [5.74, 6) is 0.127. The smallest absolute Gasteiger partial charge is 0.315 e. The van der Waals surface area contributed by atoms with E-state index >= 15 is 0 Å². The van der Waals surface area contributed by atoms with Crippen LogP contribution in [0.1, 0.15) is 51.8 Å². The minimum Gasteiger partial charge on any atom is -0.392 e. The average Bonchev–Trinajstić information content (AvgIpc) is 2.52. The van der Waals surface area contributed by atoms with Crippen LogP contribution in [-0.2, 0) is 0 Å². The van der Waals surface area contributed by atoms with Crippen molar-refractivity contribution in [2.24, 2.45) is 11.3 Å². The van der Waals surface area contributed by atoms with Crippen LogP contribution in [0.4, 0.5) is 4.79 Å². The third-order valence-electron chi connectivity index (χ3n) is 4.00. The molecule has 0 saturated carbocycles. The summed E-state index contributed by atoms with van der Waals surface area (Å²) in [5.41, 5.74) is 1.04. The number of aliphatic hydroxyl groups excluding tert-OH is 1. The number of nitriles is 1. The van der Waals surface area contributed by atoms with Crippen molar-refractivity contribution in [2.75, 3.05) is 6.54 Å². The molecule has 0 bridgehead atoms. The Balaban J connectivity index is 2.58. The molecule has 5 nitrogen and oxygen atoms in total. The summed E-state index contributed by atoms with van der Waals surface area (Å²) in [4.78, 5) is 12.1. The first-order chi connectivity index (χ1) is 10.7. The maximum absolute atomic E-state index is 12.1. The third kappa shape index (κ3) is 5.57. The molecular formula is C18H27N3O2. The van der Waals surface area contributed by atoms with Gasteiger partial charge < -0.3 is 15.7 Å². The number of urea groups is 1. The van der Waals surface area contributed by atoms with Gasteiger partial charge in [0.05, 0.1) is 23.8 Å². The molecule has 0 aliphatic rings. The maximum Gasteiger partial charge on any atom is 0.315 e. The van der Waals surface area contributed by atoms with Crippen LogP contribution in [-0.4, -0.2) is 23.8 Å². The van der Waals surface area contributed by atoms with Gasteiger partial charge in [-0.1, -0.05) is 39.8 Å². The molecule has 126 valence electrons. The predicted molar refractivity (Wildman–Crippen MR) is 90.7 cm³/mol. The molecule has 2 amide bonds. The largest absolute Gasteiger partial charge is 0.392 e. The molecule has 0 fully saturated rings. The summed E-state index contributed by atoms with van der Waals surface area (Å²) in [6, 6.07) is 8.75.